The molecule has 1 heterocycles. The molecule has 0 aliphatic carbocycles. The first kappa shape index (κ1) is 23.9. The van der Waals surface area contributed by atoms with E-state index in [1.807, 2.05) is 13.8 Å². The molecule has 1 aromatic carbocycles. The third kappa shape index (κ3) is 9.07. The van der Waals surface area contributed by atoms with Crippen molar-refractivity contribution < 1.29 is 13.9 Å². The van der Waals surface area contributed by atoms with E-state index in [2.05, 4.69) is 27.6 Å². The fourth-order valence-corrected chi connectivity index (χ4v) is 2.72. The minimum atomic E-state index is -0.298. The van der Waals surface area contributed by atoms with Crippen LogP contribution in [0.1, 0.15) is 20.3 Å². The predicted octanol–water partition coefficient (Wildman–Crippen LogP) is 2.49. The summed E-state index contributed by atoms with van der Waals surface area (Å²) < 4.78 is 24.9. The van der Waals surface area contributed by atoms with Gasteiger partial charge in [-0.05, 0) is 32.5 Å². The van der Waals surface area contributed by atoms with Crippen molar-refractivity contribution >= 4 is 29.9 Å². The Bertz CT molecular complexity index is 576. The van der Waals surface area contributed by atoms with Gasteiger partial charge in [0.25, 0.3) is 0 Å². The van der Waals surface area contributed by atoms with Crippen LogP contribution in [0.4, 0.5) is 4.39 Å². The zero-order chi connectivity index (χ0) is 18.8. The van der Waals surface area contributed by atoms with Crippen LogP contribution in [0.2, 0.25) is 0 Å². The molecule has 0 radical (unpaired) electrons. The molecule has 6 nitrogen and oxygen atoms in total. The highest BCUT2D eigenvalue weighted by molar-refractivity contribution is 14.0. The first-order valence-corrected chi connectivity index (χ1v) is 9.35. The Morgan fingerprint density at radius 2 is 2.22 bits per heavy atom. The van der Waals surface area contributed by atoms with E-state index in [-0.39, 0.29) is 42.0 Å². The number of guanidine groups is 1. The molecule has 0 spiro atoms. The predicted molar refractivity (Wildman–Crippen MR) is 118 cm³/mol. The van der Waals surface area contributed by atoms with Crippen LogP contribution in [0.5, 0.6) is 5.75 Å². The maximum absolute atomic E-state index is 13.3. The number of halogens is 2. The van der Waals surface area contributed by atoms with Gasteiger partial charge in [-0.3, -0.25) is 0 Å². The third-order valence-electron chi connectivity index (χ3n) is 4.19. The average molecular weight is 494 g/mol. The Hall–Kier alpha value is -1.13. The van der Waals surface area contributed by atoms with E-state index >= 15 is 0 Å². The van der Waals surface area contributed by atoms with Crippen molar-refractivity contribution in [1.82, 2.24) is 15.5 Å². The summed E-state index contributed by atoms with van der Waals surface area (Å²) in [5, 5.41) is 6.58. The molecule has 27 heavy (non-hydrogen) atoms. The van der Waals surface area contributed by atoms with Gasteiger partial charge in [0.05, 0.1) is 19.3 Å². The van der Waals surface area contributed by atoms with Crippen molar-refractivity contribution in [3.8, 4) is 5.75 Å². The van der Waals surface area contributed by atoms with E-state index in [4.69, 9.17) is 9.47 Å². The van der Waals surface area contributed by atoms with Gasteiger partial charge in [-0.25, -0.2) is 9.38 Å². The van der Waals surface area contributed by atoms with Gasteiger partial charge in [0.2, 0.25) is 0 Å². The highest BCUT2D eigenvalue weighted by Gasteiger charge is 2.18. The molecule has 1 saturated heterocycles. The number of rotatable bonds is 8. The van der Waals surface area contributed by atoms with Crippen LogP contribution in [0, 0.1) is 5.82 Å². The molecule has 1 aliphatic rings. The number of hydrogen-bond donors (Lipinski definition) is 2. The number of nitrogens with one attached hydrogen (secondary N) is 2. The summed E-state index contributed by atoms with van der Waals surface area (Å²) in [7, 11) is 2.10. The molecule has 154 valence electrons. The van der Waals surface area contributed by atoms with Gasteiger partial charge in [-0.15, -0.1) is 24.0 Å². The molecule has 2 N–H and O–H groups in total. The molecule has 0 amide bonds. The summed E-state index contributed by atoms with van der Waals surface area (Å²) in [6, 6.07) is 6.21. The lowest BCUT2D eigenvalue weighted by molar-refractivity contribution is -0.0161. The first-order chi connectivity index (χ1) is 12.6. The van der Waals surface area contributed by atoms with Gasteiger partial charge in [0.1, 0.15) is 17.7 Å². The number of hydrogen-bond acceptors (Lipinski definition) is 4. The molecule has 0 saturated carbocycles. The molecular formula is C19H32FIN4O2. The summed E-state index contributed by atoms with van der Waals surface area (Å²) >= 11 is 0. The van der Waals surface area contributed by atoms with Gasteiger partial charge in [0, 0.05) is 32.2 Å². The highest BCUT2D eigenvalue weighted by atomic mass is 127. The molecule has 1 aromatic rings. The maximum atomic E-state index is 13.3. The fraction of sp³-hybridized carbons (Fsp3) is 0.632. The lowest BCUT2D eigenvalue weighted by Gasteiger charge is -2.30. The number of likely N-dealkylation sites (N-methyl/N-ethyl adjacent to an activating group) is 1. The molecular weight excluding hydrogens is 462 g/mol. The van der Waals surface area contributed by atoms with E-state index in [0.29, 0.717) is 18.8 Å². The maximum Gasteiger partial charge on any atom is 0.191 e. The van der Waals surface area contributed by atoms with Gasteiger partial charge in [-0.2, -0.15) is 0 Å². The van der Waals surface area contributed by atoms with Crippen molar-refractivity contribution in [3.63, 3.8) is 0 Å². The van der Waals surface area contributed by atoms with E-state index in [1.54, 1.807) is 12.1 Å². The normalized spacial score (nSPS) is 19.1. The summed E-state index contributed by atoms with van der Waals surface area (Å²) in [4.78, 5) is 6.88. The zero-order valence-corrected chi connectivity index (χ0v) is 18.7. The van der Waals surface area contributed by atoms with Gasteiger partial charge < -0.3 is 25.0 Å². The Morgan fingerprint density at radius 1 is 1.41 bits per heavy atom. The molecule has 1 aliphatic heterocycles. The Morgan fingerprint density at radius 3 is 2.89 bits per heavy atom. The van der Waals surface area contributed by atoms with Crippen LogP contribution in [0.15, 0.2) is 29.3 Å². The van der Waals surface area contributed by atoms with Crippen LogP contribution >= 0.6 is 24.0 Å². The van der Waals surface area contributed by atoms with Crippen LogP contribution in [0.3, 0.4) is 0 Å². The minimum absolute atomic E-state index is 0. The van der Waals surface area contributed by atoms with Gasteiger partial charge >= 0.3 is 0 Å². The Labute approximate surface area is 178 Å². The molecule has 0 bridgehead atoms. The minimum Gasteiger partial charge on any atom is -0.488 e. The van der Waals surface area contributed by atoms with E-state index in [9.17, 15) is 4.39 Å². The first-order valence-electron chi connectivity index (χ1n) is 9.35. The number of morpholine rings is 1. The number of ether oxygens (including phenoxy) is 2. The topological polar surface area (TPSA) is 58.1 Å². The largest absolute Gasteiger partial charge is 0.488 e. The van der Waals surface area contributed by atoms with Crippen molar-refractivity contribution in [2.45, 2.75) is 32.5 Å². The number of nitrogens with zero attached hydrogens (tertiary/aromatic N) is 2. The Kier molecular flexibility index (Phi) is 11.6. The van der Waals surface area contributed by atoms with Gasteiger partial charge in [-0.1, -0.05) is 13.0 Å². The monoisotopic (exact) mass is 494 g/mol. The van der Waals surface area contributed by atoms with Crippen molar-refractivity contribution in [2.24, 2.45) is 4.99 Å². The quantitative estimate of drug-likeness (QED) is 0.331. The number of benzene rings is 1. The summed E-state index contributed by atoms with van der Waals surface area (Å²) in [6.07, 6.45) is 0.836. The SMILES string of the molecule is CCNC(=NCC(CC)Oc1cccc(F)c1)NCC1CN(C)CCO1.I. The smallest absolute Gasteiger partial charge is 0.191 e. The summed E-state index contributed by atoms with van der Waals surface area (Å²) in [6.45, 7) is 8.68. The lowest BCUT2D eigenvalue weighted by Crippen LogP contribution is -2.48. The number of aliphatic imine (C=N–C) groups is 1. The van der Waals surface area contributed by atoms with E-state index in [1.165, 1.54) is 12.1 Å². The molecule has 8 heteroatoms. The van der Waals surface area contributed by atoms with Crippen LogP contribution in [-0.4, -0.2) is 69.4 Å². The molecule has 2 rings (SSSR count). The second kappa shape index (κ2) is 13.1. The highest BCUT2D eigenvalue weighted by Crippen LogP contribution is 2.15. The Balaban J connectivity index is 0.00000364. The van der Waals surface area contributed by atoms with Gasteiger partial charge in [0.15, 0.2) is 5.96 Å². The van der Waals surface area contributed by atoms with Crippen LogP contribution in [-0.2, 0) is 4.74 Å². The average Bonchev–Trinajstić information content (AvgIpc) is 2.63. The molecule has 0 aromatic heterocycles. The second-order valence-electron chi connectivity index (χ2n) is 6.46. The van der Waals surface area contributed by atoms with E-state index < -0.39 is 0 Å². The summed E-state index contributed by atoms with van der Waals surface area (Å²) in [5.74, 6) is 0.975. The molecule has 1 fully saturated rings. The second-order valence-corrected chi connectivity index (χ2v) is 6.46. The summed E-state index contributed by atoms with van der Waals surface area (Å²) in [5.41, 5.74) is 0. The molecule has 2 atom stereocenters. The zero-order valence-electron chi connectivity index (χ0n) is 16.4. The third-order valence-corrected chi connectivity index (χ3v) is 4.19. The molecule has 2 unspecified atom stereocenters. The van der Waals surface area contributed by atoms with Crippen molar-refractivity contribution in [3.05, 3.63) is 30.1 Å². The van der Waals surface area contributed by atoms with Crippen LogP contribution < -0.4 is 15.4 Å². The van der Waals surface area contributed by atoms with Crippen LogP contribution in [0.25, 0.3) is 0 Å². The van der Waals surface area contributed by atoms with E-state index in [0.717, 1.165) is 38.6 Å². The van der Waals surface area contributed by atoms with Crippen molar-refractivity contribution in [1.29, 1.82) is 0 Å². The van der Waals surface area contributed by atoms with Crippen molar-refractivity contribution in [2.75, 3.05) is 46.4 Å². The fourth-order valence-electron chi connectivity index (χ4n) is 2.72. The lowest BCUT2D eigenvalue weighted by atomic mass is 10.2. The standard InChI is InChI=1S/C19H31FN4O2.HI/c1-4-16(26-17-8-6-7-15(20)11-17)12-22-19(21-5-2)23-13-18-14-24(3)9-10-25-18;/h6-8,11,16,18H,4-5,9-10,12-14H2,1-3H3,(H2,21,22,23);1H.